The summed E-state index contributed by atoms with van der Waals surface area (Å²) < 4.78 is 18.8. The van der Waals surface area contributed by atoms with Crippen LogP contribution < -0.4 is 10.6 Å². The quantitative estimate of drug-likeness (QED) is 0.371. The lowest BCUT2D eigenvalue weighted by Crippen LogP contribution is -2.39. The van der Waals surface area contributed by atoms with Crippen molar-refractivity contribution in [2.24, 2.45) is 10.9 Å². The predicted octanol–water partition coefficient (Wildman–Crippen LogP) is 3.08. The zero-order valence-corrected chi connectivity index (χ0v) is 15.4. The Morgan fingerprint density at radius 2 is 2.04 bits per heavy atom. The van der Waals surface area contributed by atoms with Gasteiger partial charge in [0.1, 0.15) is 5.82 Å². The number of aliphatic imine (C=N–C) groups is 1. The summed E-state index contributed by atoms with van der Waals surface area (Å²) in [5, 5.41) is 7.59. The molecule has 0 radical (unpaired) electrons. The number of nitrogens with one attached hydrogen (secondary N) is 3. The molecule has 0 atom stereocenters. The SMILES string of the molecule is CN=C(NCCOCCC(C)C)NCCc1c[nH]c2cc(F)ccc12. The largest absolute Gasteiger partial charge is 0.380 e. The zero-order valence-electron chi connectivity index (χ0n) is 15.4. The van der Waals surface area contributed by atoms with Crippen molar-refractivity contribution in [3.05, 3.63) is 35.8 Å². The van der Waals surface area contributed by atoms with E-state index in [1.54, 1.807) is 7.05 Å². The Bertz CT molecular complexity index is 681. The highest BCUT2D eigenvalue weighted by atomic mass is 19.1. The fourth-order valence-corrected chi connectivity index (χ4v) is 2.56. The summed E-state index contributed by atoms with van der Waals surface area (Å²) in [5.41, 5.74) is 1.99. The van der Waals surface area contributed by atoms with Crippen molar-refractivity contribution in [1.29, 1.82) is 0 Å². The Labute approximate surface area is 149 Å². The van der Waals surface area contributed by atoms with Gasteiger partial charge in [0.15, 0.2) is 5.96 Å². The van der Waals surface area contributed by atoms with Gasteiger partial charge in [0, 0.05) is 43.8 Å². The molecule has 2 rings (SSSR count). The number of hydrogen-bond donors (Lipinski definition) is 3. The number of aromatic nitrogens is 1. The topological polar surface area (TPSA) is 61.4 Å². The molecule has 0 saturated heterocycles. The van der Waals surface area contributed by atoms with Gasteiger partial charge in [-0.2, -0.15) is 0 Å². The van der Waals surface area contributed by atoms with Gasteiger partial charge in [-0.3, -0.25) is 4.99 Å². The average molecular weight is 348 g/mol. The Morgan fingerprint density at radius 1 is 1.24 bits per heavy atom. The van der Waals surface area contributed by atoms with Crippen LogP contribution in [0.5, 0.6) is 0 Å². The average Bonchev–Trinajstić information content (AvgIpc) is 2.98. The van der Waals surface area contributed by atoms with Gasteiger partial charge in [0.25, 0.3) is 0 Å². The number of guanidine groups is 1. The van der Waals surface area contributed by atoms with E-state index in [-0.39, 0.29) is 5.82 Å². The minimum atomic E-state index is -0.223. The molecule has 0 aliphatic heterocycles. The highest BCUT2D eigenvalue weighted by Gasteiger charge is 2.05. The summed E-state index contributed by atoms with van der Waals surface area (Å²) in [5.74, 6) is 1.21. The second-order valence-electron chi connectivity index (χ2n) is 6.47. The highest BCUT2D eigenvalue weighted by Crippen LogP contribution is 2.19. The maximum Gasteiger partial charge on any atom is 0.191 e. The number of ether oxygens (including phenoxy) is 1. The van der Waals surface area contributed by atoms with Crippen LogP contribution in [-0.2, 0) is 11.2 Å². The number of aromatic amines is 1. The molecule has 1 aromatic carbocycles. The molecule has 0 saturated carbocycles. The minimum Gasteiger partial charge on any atom is -0.380 e. The highest BCUT2D eigenvalue weighted by molar-refractivity contribution is 5.83. The van der Waals surface area contributed by atoms with E-state index in [9.17, 15) is 4.39 Å². The molecule has 0 aliphatic rings. The van der Waals surface area contributed by atoms with Gasteiger partial charge in [0.05, 0.1) is 6.61 Å². The molecule has 0 bridgehead atoms. The van der Waals surface area contributed by atoms with Crippen LogP contribution in [0, 0.1) is 11.7 Å². The van der Waals surface area contributed by atoms with E-state index in [0.29, 0.717) is 12.5 Å². The number of rotatable bonds is 9. The first-order valence-electron chi connectivity index (χ1n) is 8.88. The van der Waals surface area contributed by atoms with Gasteiger partial charge in [0.2, 0.25) is 0 Å². The molecule has 138 valence electrons. The first kappa shape index (κ1) is 19.2. The van der Waals surface area contributed by atoms with Crippen LogP contribution in [0.3, 0.4) is 0 Å². The van der Waals surface area contributed by atoms with Crippen molar-refractivity contribution >= 4 is 16.9 Å². The fourth-order valence-electron chi connectivity index (χ4n) is 2.56. The summed E-state index contributed by atoms with van der Waals surface area (Å²) in [6.45, 7) is 7.32. The molecule has 25 heavy (non-hydrogen) atoms. The van der Waals surface area contributed by atoms with E-state index < -0.39 is 0 Å². The second-order valence-corrected chi connectivity index (χ2v) is 6.47. The van der Waals surface area contributed by atoms with E-state index in [4.69, 9.17) is 4.74 Å². The molecule has 0 unspecified atom stereocenters. The van der Waals surface area contributed by atoms with Crippen LogP contribution in [0.1, 0.15) is 25.8 Å². The summed E-state index contributed by atoms with van der Waals surface area (Å²) in [7, 11) is 1.75. The van der Waals surface area contributed by atoms with Crippen LogP contribution >= 0.6 is 0 Å². The number of H-pyrrole nitrogens is 1. The van der Waals surface area contributed by atoms with Crippen molar-refractivity contribution in [2.45, 2.75) is 26.7 Å². The lowest BCUT2D eigenvalue weighted by Gasteiger charge is -2.12. The van der Waals surface area contributed by atoms with Crippen molar-refractivity contribution in [3.63, 3.8) is 0 Å². The third-order valence-corrected chi connectivity index (χ3v) is 4.02. The molecule has 2 aromatic rings. The second kappa shape index (κ2) is 10.0. The van der Waals surface area contributed by atoms with E-state index >= 15 is 0 Å². The third-order valence-electron chi connectivity index (χ3n) is 4.02. The molecular formula is C19H29FN4O. The summed E-state index contributed by atoms with van der Waals surface area (Å²) in [4.78, 5) is 7.32. The van der Waals surface area contributed by atoms with Gasteiger partial charge < -0.3 is 20.4 Å². The number of halogens is 1. The molecule has 5 nitrogen and oxygen atoms in total. The summed E-state index contributed by atoms with van der Waals surface area (Å²) in [6, 6.07) is 4.83. The Morgan fingerprint density at radius 3 is 2.80 bits per heavy atom. The van der Waals surface area contributed by atoms with Crippen molar-refractivity contribution in [1.82, 2.24) is 15.6 Å². The van der Waals surface area contributed by atoms with E-state index in [0.717, 1.165) is 55.0 Å². The number of fused-ring (bicyclic) bond motifs is 1. The van der Waals surface area contributed by atoms with Crippen LogP contribution in [0.25, 0.3) is 10.9 Å². The molecule has 0 amide bonds. The first-order valence-corrected chi connectivity index (χ1v) is 8.88. The molecule has 6 heteroatoms. The van der Waals surface area contributed by atoms with Gasteiger partial charge in [-0.1, -0.05) is 13.8 Å². The zero-order chi connectivity index (χ0) is 18.1. The third kappa shape index (κ3) is 6.38. The molecular weight excluding hydrogens is 319 g/mol. The Balaban J connectivity index is 1.68. The van der Waals surface area contributed by atoms with E-state index in [2.05, 4.69) is 34.5 Å². The van der Waals surface area contributed by atoms with Crippen molar-refractivity contribution in [2.75, 3.05) is 33.4 Å². The van der Waals surface area contributed by atoms with Gasteiger partial charge in [-0.05, 0) is 42.5 Å². The van der Waals surface area contributed by atoms with Crippen LogP contribution in [0.2, 0.25) is 0 Å². The normalized spacial score (nSPS) is 12.1. The molecule has 0 fully saturated rings. The molecule has 0 spiro atoms. The predicted molar refractivity (Wildman–Crippen MR) is 102 cm³/mol. The van der Waals surface area contributed by atoms with E-state index in [1.165, 1.54) is 12.1 Å². The van der Waals surface area contributed by atoms with E-state index in [1.807, 2.05) is 12.3 Å². The number of hydrogen-bond acceptors (Lipinski definition) is 2. The van der Waals surface area contributed by atoms with Crippen LogP contribution in [-0.4, -0.2) is 44.3 Å². The number of benzene rings is 1. The lowest BCUT2D eigenvalue weighted by atomic mass is 10.1. The fraction of sp³-hybridized carbons (Fsp3) is 0.526. The summed E-state index contributed by atoms with van der Waals surface area (Å²) >= 11 is 0. The maximum absolute atomic E-state index is 13.2. The molecule has 1 aromatic heterocycles. The van der Waals surface area contributed by atoms with Gasteiger partial charge in [-0.15, -0.1) is 0 Å². The smallest absolute Gasteiger partial charge is 0.191 e. The van der Waals surface area contributed by atoms with Gasteiger partial charge >= 0.3 is 0 Å². The standard InChI is InChI=1S/C19H29FN4O/c1-14(2)7-10-25-11-9-23-19(21-3)22-8-6-15-13-24-18-12-16(20)4-5-17(15)18/h4-5,12-14,24H,6-11H2,1-3H3,(H2,21,22,23). The van der Waals surface area contributed by atoms with Crippen molar-refractivity contribution < 1.29 is 9.13 Å². The minimum absolute atomic E-state index is 0.223. The van der Waals surface area contributed by atoms with Crippen molar-refractivity contribution in [3.8, 4) is 0 Å². The van der Waals surface area contributed by atoms with Crippen LogP contribution in [0.4, 0.5) is 4.39 Å². The maximum atomic E-state index is 13.2. The summed E-state index contributed by atoms with van der Waals surface area (Å²) in [6.07, 6.45) is 3.85. The molecule has 3 N–H and O–H groups in total. The monoisotopic (exact) mass is 348 g/mol. The Kier molecular flexibility index (Phi) is 7.73. The Hall–Kier alpha value is -2.08. The number of nitrogens with zero attached hydrogens (tertiary/aromatic N) is 1. The molecule has 1 heterocycles. The van der Waals surface area contributed by atoms with Crippen LogP contribution in [0.15, 0.2) is 29.4 Å². The molecule has 0 aliphatic carbocycles. The van der Waals surface area contributed by atoms with Gasteiger partial charge in [-0.25, -0.2) is 4.39 Å². The first-order chi connectivity index (χ1) is 12.1. The lowest BCUT2D eigenvalue weighted by molar-refractivity contribution is 0.128.